The van der Waals surface area contributed by atoms with Crippen molar-refractivity contribution >= 4 is 11.6 Å². The van der Waals surface area contributed by atoms with E-state index >= 15 is 0 Å². The van der Waals surface area contributed by atoms with Crippen LogP contribution >= 0.6 is 0 Å². The molecule has 2 aliphatic heterocycles. The normalized spacial score (nSPS) is 27.6. The second-order valence-electron chi connectivity index (χ2n) is 7.77. The molecule has 1 aromatic rings. The summed E-state index contributed by atoms with van der Waals surface area (Å²) in [5, 5.41) is 10.6. The molecule has 2 atom stereocenters. The van der Waals surface area contributed by atoms with Gasteiger partial charge in [0.2, 0.25) is 5.78 Å². The van der Waals surface area contributed by atoms with Crippen LogP contribution < -0.4 is 0 Å². The molecular formula is C20H22O5. The molecule has 0 amide bonds. The summed E-state index contributed by atoms with van der Waals surface area (Å²) in [5.41, 5.74) is 2.16. The zero-order chi connectivity index (χ0) is 18.1. The van der Waals surface area contributed by atoms with Crippen LogP contribution in [0.25, 0.3) is 0 Å². The predicted molar refractivity (Wildman–Crippen MR) is 90.9 cm³/mol. The number of allylic oxidation sites excluding steroid dienone is 2. The highest BCUT2D eigenvalue weighted by atomic mass is 16.5. The molecule has 5 nitrogen and oxygen atoms in total. The maximum absolute atomic E-state index is 13.2. The van der Waals surface area contributed by atoms with E-state index in [-0.39, 0.29) is 51.6 Å². The first kappa shape index (κ1) is 16.3. The summed E-state index contributed by atoms with van der Waals surface area (Å²) in [5.74, 6) is -0.859. The fraction of sp³-hybridized carbons (Fsp3) is 0.500. The van der Waals surface area contributed by atoms with Crippen LogP contribution in [0.3, 0.4) is 0 Å². The Labute approximate surface area is 146 Å². The lowest BCUT2D eigenvalue weighted by atomic mass is 9.65. The topological polar surface area (TPSA) is 72.8 Å². The van der Waals surface area contributed by atoms with E-state index in [1.165, 1.54) is 7.11 Å². The van der Waals surface area contributed by atoms with Gasteiger partial charge in [-0.15, -0.1) is 0 Å². The van der Waals surface area contributed by atoms with E-state index < -0.39 is 0 Å². The Morgan fingerprint density at radius 3 is 2.56 bits per heavy atom. The van der Waals surface area contributed by atoms with Crippen molar-refractivity contribution in [3.05, 3.63) is 39.7 Å². The number of hydrogen-bond acceptors (Lipinski definition) is 5. The number of carbonyl (C=O) groups is 2. The molecule has 0 aromatic heterocycles. The van der Waals surface area contributed by atoms with Crippen LogP contribution in [0.5, 0.6) is 5.75 Å². The number of ketones is 2. The van der Waals surface area contributed by atoms with Crippen molar-refractivity contribution in [3.8, 4) is 5.75 Å². The fourth-order valence-corrected chi connectivity index (χ4v) is 4.51. The molecule has 132 valence electrons. The smallest absolute Gasteiger partial charge is 0.229 e. The number of phenols is 1. The highest BCUT2D eigenvalue weighted by Gasteiger charge is 2.48. The number of rotatable bonds is 2. The second kappa shape index (κ2) is 5.18. The van der Waals surface area contributed by atoms with Crippen molar-refractivity contribution in [3.63, 3.8) is 0 Å². The largest absolute Gasteiger partial charge is 0.507 e. The third kappa shape index (κ3) is 1.99. The Hall–Kier alpha value is -2.14. The zero-order valence-corrected chi connectivity index (χ0v) is 14.9. The molecule has 1 fully saturated rings. The van der Waals surface area contributed by atoms with Crippen LogP contribution in [0.4, 0.5) is 0 Å². The van der Waals surface area contributed by atoms with Gasteiger partial charge < -0.3 is 14.6 Å². The highest BCUT2D eigenvalue weighted by Crippen LogP contribution is 2.53. The van der Waals surface area contributed by atoms with Gasteiger partial charge in [0.25, 0.3) is 0 Å². The minimum atomic E-state index is -0.326. The first-order valence-corrected chi connectivity index (χ1v) is 8.69. The number of benzene rings is 1. The van der Waals surface area contributed by atoms with Gasteiger partial charge in [-0.1, -0.05) is 20.8 Å². The molecule has 5 heteroatoms. The fourth-order valence-electron chi connectivity index (χ4n) is 4.51. The quantitative estimate of drug-likeness (QED) is 0.891. The number of fused-ring (bicyclic) bond motifs is 3. The van der Waals surface area contributed by atoms with Gasteiger partial charge in [0.05, 0.1) is 25.4 Å². The highest BCUT2D eigenvalue weighted by molar-refractivity contribution is 6.28. The van der Waals surface area contributed by atoms with Crippen LogP contribution in [-0.4, -0.2) is 30.4 Å². The van der Waals surface area contributed by atoms with E-state index in [0.29, 0.717) is 12.2 Å². The molecule has 5 rings (SSSR count). The van der Waals surface area contributed by atoms with E-state index in [2.05, 4.69) is 6.92 Å². The minimum absolute atomic E-state index is 0.0897. The third-order valence-corrected chi connectivity index (χ3v) is 5.81. The molecule has 0 radical (unpaired) electrons. The van der Waals surface area contributed by atoms with Crippen molar-refractivity contribution in [2.75, 3.05) is 13.7 Å². The van der Waals surface area contributed by atoms with E-state index in [1.54, 1.807) is 6.07 Å². The number of hydrogen-bond donors (Lipinski definition) is 1. The van der Waals surface area contributed by atoms with Crippen LogP contribution in [0.2, 0.25) is 0 Å². The summed E-state index contributed by atoms with van der Waals surface area (Å²) >= 11 is 0. The summed E-state index contributed by atoms with van der Waals surface area (Å²) in [6, 6.07) is 1.67. The first-order valence-electron chi connectivity index (χ1n) is 8.69. The molecule has 1 aromatic carbocycles. The van der Waals surface area contributed by atoms with E-state index in [0.717, 1.165) is 24.0 Å². The number of carbonyl (C=O) groups excluding carboxylic acids is 2. The molecule has 2 heterocycles. The Morgan fingerprint density at radius 2 is 2.00 bits per heavy atom. The van der Waals surface area contributed by atoms with Crippen LogP contribution in [-0.2, 0) is 14.9 Å². The summed E-state index contributed by atoms with van der Waals surface area (Å²) in [6.45, 7) is 6.32. The predicted octanol–water partition coefficient (Wildman–Crippen LogP) is 3.45. The van der Waals surface area contributed by atoms with Gasteiger partial charge in [0.15, 0.2) is 11.5 Å². The summed E-state index contributed by atoms with van der Waals surface area (Å²) < 4.78 is 11.3. The number of aromatic hydroxyl groups is 1. The average Bonchev–Trinajstić information content (AvgIpc) is 2.57. The Morgan fingerprint density at radius 1 is 1.28 bits per heavy atom. The van der Waals surface area contributed by atoms with Crippen molar-refractivity contribution in [2.24, 2.45) is 5.92 Å². The van der Waals surface area contributed by atoms with Gasteiger partial charge in [-0.25, -0.2) is 0 Å². The number of phenolic OH excluding ortho intramolecular Hbond substituents is 1. The van der Waals surface area contributed by atoms with Gasteiger partial charge in [0, 0.05) is 16.6 Å². The van der Waals surface area contributed by atoms with E-state index in [1.807, 2.05) is 13.8 Å². The van der Waals surface area contributed by atoms with Crippen LogP contribution in [0.1, 0.15) is 71.6 Å². The van der Waals surface area contributed by atoms with Crippen LogP contribution in [0.15, 0.2) is 17.4 Å². The molecule has 1 saturated heterocycles. The summed E-state index contributed by atoms with van der Waals surface area (Å²) in [4.78, 5) is 26.3. The number of Topliss-reactive ketones (excluding diaryl/α,β-unsaturated/α-hetero) is 2. The lowest BCUT2D eigenvalue weighted by molar-refractivity contribution is -0.0469. The van der Waals surface area contributed by atoms with Crippen molar-refractivity contribution < 1.29 is 24.2 Å². The van der Waals surface area contributed by atoms with Gasteiger partial charge in [-0.2, -0.15) is 0 Å². The average molecular weight is 342 g/mol. The molecule has 1 N–H and O–H groups in total. The van der Waals surface area contributed by atoms with Crippen molar-refractivity contribution in [1.82, 2.24) is 0 Å². The third-order valence-electron chi connectivity index (χ3n) is 5.81. The monoisotopic (exact) mass is 342 g/mol. The first-order chi connectivity index (χ1) is 11.8. The molecule has 2 aliphatic carbocycles. The zero-order valence-electron chi connectivity index (χ0n) is 14.9. The lowest BCUT2D eigenvalue weighted by Gasteiger charge is -2.47. The summed E-state index contributed by atoms with van der Waals surface area (Å²) in [7, 11) is 1.41. The van der Waals surface area contributed by atoms with Crippen molar-refractivity contribution in [1.29, 1.82) is 0 Å². The lowest BCUT2D eigenvalue weighted by Crippen LogP contribution is -2.43. The molecular weight excluding hydrogens is 320 g/mol. The summed E-state index contributed by atoms with van der Waals surface area (Å²) in [6.07, 6.45) is 1.54. The molecule has 25 heavy (non-hydrogen) atoms. The minimum Gasteiger partial charge on any atom is -0.507 e. The van der Waals surface area contributed by atoms with Gasteiger partial charge in [-0.3, -0.25) is 9.59 Å². The molecule has 0 spiro atoms. The maximum Gasteiger partial charge on any atom is 0.229 e. The maximum atomic E-state index is 13.2. The van der Waals surface area contributed by atoms with Crippen molar-refractivity contribution in [2.45, 2.75) is 45.1 Å². The van der Waals surface area contributed by atoms with Gasteiger partial charge >= 0.3 is 0 Å². The van der Waals surface area contributed by atoms with Gasteiger partial charge in [-0.05, 0) is 36.0 Å². The molecule has 4 aliphatic rings. The SMILES string of the molecule is COC1=C(C(C)C)C(=O)c2c(O)cc3c(c2C1=O)C1CC[C@@]3(C)CO1. The van der Waals surface area contributed by atoms with Crippen LogP contribution in [0, 0.1) is 5.92 Å². The Kier molecular flexibility index (Phi) is 3.38. The van der Waals surface area contributed by atoms with Gasteiger partial charge in [0.1, 0.15) is 5.75 Å². The number of ether oxygens (including phenoxy) is 2. The molecule has 2 bridgehead atoms. The second-order valence-corrected chi connectivity index (χ2v) is 7.77. The number of methoxy groups -OCH3 is 1. The van der Waals surface area contributed by atoms with E-state index in [4.69, 9.17) is 9.47 Å². The van der Waals surface area contributed by atoms with E-state index in [9.17, 15) is 14.7 Å². The molecule has 1 unspecified atom stereocenters. The Bertz CT molecular complexity index is 838. The molecule has 0 saturated carbocycles. The standard InChI is InChI=1S/C20H22O5/c1-9(2)13-17(22)15-11(21)7-10-14(16(15)18(23)19(13)24-4)12-5-6-20(10,3)8-25-12/h7,9,12,21H,5-6,8H2,1-4H3/t12?,20-/m0/s1. The Balaban J connectivity index is 2.06.